The summed E-state index contributed by atoms with van der Waals surface area (Å²) < 4.78 is 26.1. The zero-order valence-electron chi connectivity index (χ0n) is 9.94. The second kappa shape index (κ2) is 5.63. The van der Waals surface area contributed by atoms with Gasteiger partial charge in [-0.05, 0) is 12.1 Å². The van der Waals surface area contributed by atoms with Gasteiger partial charge >= 0.3 is 0 Å². The molecule has 2 aromatic heterocycles. The van der Waals surface area contributed by atoms with Crippen LogP contribution in [0.15, 0.2) is 27.2 Å². The van der Waals surface area contributed by atoms with Crippen LogP contribution < -0.4 is 5.73 Å². The van der Waals surface area contributed by atoms with Crippen molar-refractivity contribution in [1.82, 2.24) is 9.29 Å². The van der Waals surface area contributed by atoms with E-state index < -0.39 is 10.0 Å². The SMILES string of the molecule is CN(Cc1cscn1)S(=O)(=O)c1ccc(C(N)=S)s1. The van der Waals surface area contributed by atoms with Gasteiger partial charge in [0, 0.05) is 12.4 Å². The van der Waals surface area contributed by atoms with Crippen molar-refractivity contribution in [2.75, 3.05) is 7.05 Å². The number of rotatable bonds is 5. The number of thiophene rings is 1. The van der Waals surface area contributed by atoms with Crippen molar-refractivity contribution < 1.29 is 8.42 Å². The Morgan fingerprint density at radius 1 is 1.53 bits per heavy atom. The summed E-state index contributed by atoms with van der Waals surface area (Å²) in [5.74, 6) is 0. The molecule has 0 spiro atoms. The third-order valence-corrected chi connectivity index (χ3v) is 6.73. The number of aromatic nitrogens is 1. The maximum absolute atomic E-state index is 12.3. The summed E-state index contributed by atoms with van der Waals surface area (Å²) in [5, 5.41) is 1.82. The van der Waals surface area contributed by atoms with Gasteiger partial charge in [0.25, 0.3) is 10.0 Å². The summed E-state index contributed by atoms with van der Waals surface area (Å²) in [6, 6.07) is 3.14. The number of thiocarbonyl (C=S) groups is 1. The van der Waals surface area contributed by atoms with Crippen LogP contribution in [0.4, 0.5) is 0 Å². The average Bonchev–Trinajstić information content (AvgIpc) is 2.99. The van der Waals surface area contributed by atoms with E-state index in [0.29, 0.717) is 4.88 Å². The van der Waals surface area contributed by atoms with E-state index in [0.717, 1.165) is 17.0 Å². The molecule has 19 heavy (non-hydrogen) atoms. The van der Waals surface area contributed by atoms with Crippen molar-refractivity contribution in [2.45, 2.75) is 10.8 Å². The van der Waals surface area contributed by atoms with Crippen molar-refractivity contribution in [3.05, 3.63) is 33.6 Å². The lowest BCUT2D eigenvalue weighted by molar-refractivity contribution is 0.464. The summed E-state index contributed by atoms with van der Waals surface area (Å²) in [6.07, 6.45) is 0. The minimum absolute atomic E-state index is 0.202. The van der Waals surface area contributed by atoms with Crippen LogP contribution >= 0.6 is 34.9 Å². The summed E-state index contributed by atoms with van der Waals surface area (Å²) in [7, 11) is -2.00. The molecular formula is C10H11N3O2S4. The molecule has 0 aromatic carbocycles. The average molecular weight is 333 g/mol. The number of nitrogens with zero attached hydrogens (tertiary/aromatic N) is 2. The van der Waals surface area contributed by atoms with Gasteiger partial charge < -0.3 is 5.73 Å². The maximum Gasteiger partial charge on any atom is 0.252 e. The molecule has 0 fully saturated rings. The molecule has 0 atom stereocenters. The molecular weight excluding hydrogens is 322 g/mol. The monoisotopic (exact) mass is 333 g/mol. The third-order valence-electron chi connectivity index (χ3n) is 2.36. The lowest BCUT2D eigenvalue weighted by atomic mass is 10.5. The highest BCUT2D eigenvalue weighted by Crippen LogP contribution is 2.25. The smallest absolute Gasteiger partial charge is 0.252 e. The summed E-state index contributed by atoms with van der Waals surface area (Å²) in [4.78, 5) is 4.87. The van der Waals surface area contributed by atoms with Crippen LogP contribution in [0.2, 0.25) is 0 Å². The van der Waals surface area contributed by atoms with Crippen LogP contribution in [-0.2, 0) is 16.6 Å². The molecule has 0 amide bonds. The van der Waals surface area contributed by atoms with Crippen LogP contribution in [0, 0.1) is 0 Å². The Balaban J connectivity index is 2.23. The molecule has 0 bridgehead atoms. The van der Waals surface area contributed by atoms with Gasteiger partial charge in [0.05, 0.1) is 22.6 Å². The molecule has 0 radical (unpaired) electrons. The van der Waals surface area contributed by atoms with E-state index in [9.17, 15) is 8.42 Å². The van der Waals surface area contributed by atoms with Crippen LogP contribution in [0.3, 0.4) is 0 Å². The van der Waals surface area contributed by atoms with Gasteiger partial charge in [0.1, 0.15) is 9.20 Å². The van der Waals surface area contributed by atoms with Crippen LogP contribution in [-0.4, -0.2) is 29.7 Å². The van der Waals surface area contributed by atoms with Gasteiger partial charge in [-0.2, -0.15) is 4.31 Å². The highest BCUT2D eigenvalue weighted by atomic mass is 32.2. The van der Waals surface area contributed by atoms with Crippen LogP contribution in [0.5, 0.6) is 0 Å². The molecule has 0 aliphatic carbocycles. The fraction of sp³-hybridized carbons (Fsp3) is 0.200. The molecule has 2 aromatic rings. The van der Waals surface area contributed by atoms with Crippen molar-refractivity contribution in [2.24, 2.45) is 5.73 Å². The summed E-state index contributed by atoms with van der Waals surface area (Å²) >= 11 is 7.34. The predicted molar refractivity (Wildman–Crippen MR) is 81.0 cm³/mol. The van der Waals surface area contributed by atoms with Crippen LogP contribution in [0.25, 0.3) is 0 Å². The molecule has 0 unspecified atom stereocenters. The van der Waals surface area contributed by atoms with E-state index in [1.54, 1.807) is 11.6 Å². The van der Waals surface area contributed by atoms with Gasteiger partial charge in [-0.15, -0.1) is 22.7 Å². The van der Waals surface area contributed by atoms with Crippen molar-refractivity contribution in [3.8, 4) is 0 Å². The van der Waals surface area contributed by atoms with E-state index in [1.165, 1.54) is 28.8 Å². The number of hydrogen-bond donors (Lipinski definition) is 1. The van der Waals surface area contributed by atoms with Crippen molar-refractivity contribution >= 4 is 49.9 Å². The number of nitrogens with two attached hydrogens (primary N) is 1. The molecule has 0 aliphatic rings. The summed E-state index contributed by atoms with van der Waals surface area (Å²) in [6.45, 7) is 0.242. The molecule has 0 aliphatic heterocycles. The fourth-order valence-electron chi connectivity index (χ4n) is 1.37. The number of sulfonamides is 1. The predicted octanol–water partition coefficient (Wildman–Crippen LogP) is 1.66. The standard InChI is InChI=1S/C10H11N3O2S4/c1-13(4-7-5-17-6-12-7)19(14,15)9-3-2-8(18-9)10(11)16/h2-3,5-6H,4H2,1H3,(H2,11,16). The molecule has 9 heteroatoms. The first-order valence-corrected chi connectivity index (χ1v) is 8.75. The maximum atomic E-state index is 12.3. The van der Waals surface area contributed by atoms with Gasteiger partial charge in [0.15, 0.2) is 0 Å². The topological polar surface area (TPSA) is 76.3 Å². The quantitative estimate of drug-likeness (QED) is 0.842. The Hall–Kier alpha value is -0.870. The molecule has 102 valence electrons. The van der Waals surface area contributed by atoms with E-state index >= 15 is 0 Å². The molecule has 2 heterocycles. The molecule has 5 nitrogen and oxygen atoms in total. The molecule has 0 saturated heterocycles. The molecule has 0 saturated carbocycles. The van der Waals surface area contributed by atoms with E-state index in [4.69, 9.17) is 18.0 Å². The Morgan fingerprint density at radius 3 is 2.79 bits per heavy atom. The van der Waals surface area contributed by atoms with E-state index in [-0.39, 0.29) is 15.7 Å². The van der Waals surface area contributed by atoms with E-state index in [1.807, 2.05) is 5.38 Å². The zero-order chi connectivity index (χ0) is 14.0. The summed E-state index contributed by atoms with van der Waals surface area (Å²) in [5.41, 5.74) is 7.88. The third kappa shape index (κ3) is 3.18. The van der Waals surface area contributed by atoms with Gasteiger partial charge in [-0.3, -0.25) is 0 Å². The Labute approximate surface area is 124 Å². The first kappa shape index (κ1) is 14.5. The highest BCUT2D eigenvalue weighted by molar-refractivity contribution is 7.91. The lowest BCUT2D eigenvalue weighted by Crippen LogP contribution is -2.25. The normalized spacial score (nSPS) is 11.9. The largest absolute Gasteiger partial charge is 0.389 e. The highest BCUT2D eigenvalue weighted by Gasteiger charge is 2.23. The second-order valence-electron chi connectivity index (χ2n) is 3.72. The zero-order valence-corrected chi connectivity index (χ0v) is 13.2. The Kier molecular flexibility index (Phi) is 4.31. The molecule has 2 N–H and O–H groups in total. The van der Waals surface area contributed by atoms with Crippen molar-refractivity contribution in [1.29, 1.82) is 0 Å². The van der Waals surface area contributed by atoms with E-state index in [2.05, 4.69) is 4.98 Å². The van der Waals surface area contributed by atoms with Gasteiger partial charge in [0.2, 0.25) is 0 Å². The minimum Gasteiger partial charge on any atom is -0.389 e. The first-order valence-electron chi connectivity index (χ1n) is 5.14. The fourth-order valence-corrected chi connectivity index (χ4v) is 4.63. The van der Waals surface area contributed by atoms with Gasteiger partial charge in [-0.25, -0.2) is 13.4 Å². The lowest BCUT2D eigenvalue weighted by Gasteiger charge is -2.14. The second-order valence-corrected chi connectivity index (χ2v) is 8.24. The van der Waals surface area contributed by atoms with Gasteiger partial charge in [-0.1, -0.05) is 12.2 Å². The first-order chi connectivity index (χ1) is 8.91. The number of thiazole rings is 1. The Morgan fingerprint density at radius 2 is 2.26 bits per heavy atom. The number of hydrogen-bond acceptors (Lipinski definition) is 6. The van der Waals surface area contributed by atoms with Crippen LogP contribution in [0.1, 0.15) is 10.6 Å². The molecule has 2 rings (SSSR count). The van der Waals surface area contributed by atoms with Crippen molar-refractivity contribution in [3.63, 3.8) is 0 Å². The minimum atomic E-state index is -3.53. The Bertz CT molecular complexity index is 675.